The average Bonchev–Trinajstić information content (AvgIpc) is 2.87. The van der Waals surface area contributed by atoms with Crippen LogP contribution in [0.3, 0.4) is 0 Å². The Morgan fingerprint density at radius 3 is 3.08 bits per heavy atom. The van der Waals surface area contributed by atoms with Gasteiger partial charge in [-0.2, -0.15) is 0 Å². The lowest BCUT2D eigenvalue weighted by atomic mass is 9.80. The van der Waals surface area contributed by atoms with Crippen molar-refractivity contribution in [3.63, 3.8) is 0 Å². The van der Waals surface area contributed by atoms with Gasteiger partial charge in [-0.3, -0.25) is 9.59 Å². The van der Waals surface area contributed by atoms with Crippen molar-refractivity contribution in [3.05, 3.63) is 41.6 Å². The molecule has 5 nitrogen and oxygen atoms in total. The van der Waals surface area contributed by atoms with E-state index in [0.717, 1.165) is 48.6 Å². The Labute approximate surface area is 147 Å². The summed E-state index contributed by atoms with van der Waals surface area (Å²) < 4.78 is 0. The first-order valence-corrected chi connectivity index (χ1v) is 9.09. The Bertz CT molecular complexity index is 848. The molecule has 2 bridgehead atoms. The van der Waals surface area contributed by atoms with Gasteiger partial charge in [-0.25, -0.2) is 4.98 Å². The number of carbonyl (C=O) groups is 2. The summed E-state index contributed by atoms with van der Waals surface area (Å²) >= 11 is 0. The van der Waals surface area contributed by atoms with E-state index in [2.05, 4.69) is 22.5 Å². The predicted molar refractivity (Wildman–Crippen MR) is 96.3 cm³/mol. The minimum atomic E-state index is -0.263. The molecule has 2 aromatic rings. The Hall–Kier alpha value is -2.43. The fraction of sp³-hybridized carbons (Fsp3) is 0.450. The van der Waals surface area contributed by atoms with Gasteiger partial charge < -0.3 is 10.6 Å². The molecule has 5 heteroatoms. The van der Waals surface area contributed by atoms with Gasteiger partial charge in [-0.15, -0.1) is 0 Å². The van der Waals surface area contributed by atoms with Crippen LogP contribution in [0.1, 0.15) is 48.7 Å². The van der Waals surface area contributed by atoms with Gasteiger partial charge in [-0.05, 0) is 37.3 Å². The number of aromatic nitrogens is 1. The molecule has 4 rings (SSSR count). The van der Waals surface area contributed by atoms with Gasteiger partial charge in [0.1, 0.15) is 5.69 Å². The summed E-state index contributed by atoms with van der Waals surface area (Å²) in [7, 11) is 0. The zero-order chi connectivity index (χ0) is 17.4. The number of para-hydroxylation sites is 1. The largest absolute Gasteiger partial charge is 0.349 e. The molecule has 2 unspecified atom stereocenters. The smallest absolute Gasteiger partial charge is 0.269 e. The molecule has 1 saturated carbocycles. The van der Waals surface area contributed by atoms with E-state index in [1.165, 1.54) is 0 Å². The molecule has 2 N–H and O–H groups in total. The number of benzene rings is 1. The molecule has 2 heterocycles. The van der Waals surface area contributed by atoms with Crippen LogP contribution < -0.4 is 10.6 Å². The van der Waals surface area contributed by atoms with Gasteiger partial charge in [0.05, 0.1) is 11.1 Å². The van der Waals surface area contributed by atoms with Crippen LogP contribution in [0, 0.1) is 5.92 Å². The van der Waals surface area contributed by atoms with Crippen molar-refractivity contribution in [2.75, 3.05) is 6.54 Å². The van der Waals surface area contributed by atoms with Crippen LogP contribution in [-0.2, 0) is 11.2 Å². The summed E-state index contributed by atoms with van der Waals surface area (Å²) in [6, 6.07) is 9.79. The van der Waals surface area contributed by atoms with Crippen LogP contribution in [0.5, 0.6) is 0 Å². The fourth-order valence-corrected chi connectivity index (χ4v) is 4.23. The molecule has 2 atom stereocenters. The minimum Gasteiger partial charge on any atom is -0.349 e. The number of rotatable bonds is 4. The van der Waals surface area contributed by atoms with Crippen LogP contribution in [0.4, 0.5) is 0 Å². The summed E-state index contributed by atoms with van der Waals surface area (Å²) in [6.07, 6.45) is 4.64. The number of nitrogens with zero attached hydrogens (tertiary/aromatic N) is 1. The first-order chi connectivity index (χ1) is 12.1. The minimum absolute atomic E-state index is 0.122. The highest BCUT2D eigenvalue weighted by molar-refractivity contribution is 5.95. The second-order valence-corrected chi connectivity index (χ2v) is 7.28. The van der Waals surface area contributed by atoms with Crippen molar-refractivity contribution < 1.29 is 9.59 Å². The van der Waals surface area contributed by atoms with E-state index in [1.54, 1.807) is 6.07 Å². The van der Waals surface area contributed by atoms with E-state index in [-0.39, 0.29) is 23.3 Å². The number of carbonyl (C=O) groups excluding carboxylic acids is 2. The third-order valence-electron chi connectivity index (χ3n) is 5.61. The molecule has 2 fully saturated rings. The second-order valence-electron chi connectivity index (χ2n) is 7.28. The molecule has 1 aliphatic carbocycles. The Morgan fingerprint density at radius 2 is 2.24 bits per heavy atom. The normalized spacial score (nSPS) is 25.0. The monoisotopic (exact) mass is 337 g/mol. The number of pyridine rings is 1. The zero-order valence-electron chi connectivity index (χ0n) is 14.5. The van der Waals surface area contributed by atoms with Gasteiger partial charge in [0.25, 0.3) is 5.91 Å². The SMILES string of the molecule is CCc1cccc2ccc(C(=O)NCC34CCCC(C3)C(=O)N4)nc12. The number of hydrogen-bond donors (Lipinski definition) is 2. The number of aryl methyl sites for hydroxylation is 1. The standard InChI is InChI=1S/C20H23N3O2/c1-2-13-5-3-6-14-8-9-16(22-17(13)14)19(25)21-12-20-10-4-7-15(11-20)18(24)23-20/h3,5-6,8-9,15H,2,4,7,10-12H2,1H3,(H,21,25)(H,23,24). The van der Waals surface area contributed by atoms with Crippen LogP contribution >= 0.6 is 0 Å². The third-order valence-corrected chi connectivity index (χ3v) is 5.61. The predicted octanol–water partition coefficient (Wildman–Crippen LogP) is 2.59. The van der Waals surface area contributed by atoms with Crippen molar-refractivity contribution in [3.8, 4) is 0 Å². The lowest BCUT2D eigenvalue weighted by Crippen LogP contribution is -2.51. The molecular weight excluding hydrogens is 314 g/mol. The Balaban J connectivity index is 1.52. The van der Waals surface area contributed by atoms with Crippen LogP contribution in [0.2, 0.25) is 0 Å². The molecule has 1 aromatic carbocycles. The van der Waals surface area contributed by atoms with E-state index in [4.69, 9.17) is 0 Å². The molecule has 1 saturated heterocycles. The Morgan fingerprint density at radius 1 is 1.36 bits per heavy atom. The van der Waals surface area contributed by atoms with Gasteiger partial charge in [-0.1, -0.05) is 37.6 Å². The van der Waals surface area contributed by atoms with Crippen molar-refractivity contribution in [1.29, 1.82) is 0 Å². The lowest BCUT2D eigenvalue weighted by molar-refractivity contribution is -0.122. The second kappa shape index (κ2) is 6.14. The highest BCUT2D eigenvalue weighted by atomic mass is 16.2. The zero-order valence-corrected chi connectivity index (χ0v) is 14.5. The van der Waals surface area contributed by atoms with Crippen molar-refractivity contribution in [1.82, 2.24) is 15.6 Å². The van der Waals surface area contributed by atoms with Crippen molar-refractivity contribution in [2.24, 2.45) is 5.92 Å². The van der Waals surface area contributed by atoms with Crippen LogP contribution in [0.25, 0.3) is 10.9 Å². The van der Waals surface area contributed by atoms with Crippen molar-refractivity contribution >= 4 is 22.7 Å². The maximum Gasteiger partial charge on any atom is 0.269 e. The number of amides is 2. The highest BCUT2D eigenvalue weighted by Crippen LogP contribution is 2.37. The van der Waals surface area contributed by atoms with Crippen molar-refractivity contribution in [2.45, 2.75) is 44.6 Å². The van der Waals surface area contributed by atoms with E-state index in [9.17, 15) is 9.59 Å². The maximum absolute atomic E-state index is 12.6. The highest BCUT2D eigenvalue weighted by Gasteiger charge is 2.46. The quantitative estimate of drug-likeness (QED) is 0.901. The van der Waals surface area contributed by atoms with Crippen LogP contribution in [-0.4, -0.2) is 28.9 Å². The topological polar surface area (TPSA) is 71.1 Å². The molecule has 130 valence electrons. The lowest BCUT2D eigenvalue weighted by Gasteiger charge is -2.32. The first-order valence-electron chi connectivity index (χ1n) is 9.09. The van der Waals surface area contributed by atoms with E-state index >= 15 is 0 Å². The molecule has 0 radical (unpaired) electrons. The maximum atomic E-state index is 12.6. The Kier molecular flexibility index (Phi) is 3.94. The van der Waals surface area contributed by atoms with E-state index in [0.29, 0.717) is 12.2 Å². The van der Waals surface area contributed by atoms with E-state index in [1.807, 2.05) is 24.3 Å². The first kappa shape index (κ1) is 16.1. The molecule has 0 spiro atoms. The summed E-state index contributed by atoms with van der Waals surface area (Å²) in [5, 5.41) is 7.15. The average molecular weight is 337 g/mol. The molecule has 1 aliphatic heterocycles. The summed E-state index contributed by atoms with van der Waals surface area (Å²) in [5.41, 5.74) is 2.20. The van der Waals surface area contributed by atoms with Gasteiger partial charge >= 0.3 is 0 Å². The summed E-state index contributed by atoms with van der Waals surface area (Å²) in [4.78, 5) is 29.1. The van der Waals surface area contributed by atoms with Gasteiger partial charge in [0.15, 0.2) is 0 Å². The third kappa shape index (κ3) is 2.88. The summed E-state index contributed by atoms with van der Waals surface area (Å²) in [6.45, 7) is 2.56. The number of nitrogens with one attached hydrogen (secondary N) is 2. The molecule has 2 amide bonds. The number of hydrogen-bond acceptors (Lipinski definition) is 3. The molecular formula is C20H23N3O2. The fourth-order valence-electron chi connectivity index (χ4n) is 4.23. The summed E-state index contributed by atoms with van der Waals surface area (Å²) in [5.74, 6) is 0.0881. The van der Waals surface area contributed by atoms with Gasteiger partial charge in [0, 0.05) is 17.8 Å². The molecule has 2 aliphatic rings. The van der Waals surface area contributed by atoms with Crippen LogP contribution in [0.15, 0.2) is 30.3 Å². The molecule has 25 heavy (non-hydrogen) atoms. The van der Waals surface area contributed by atoms with Gasteiger partial charge in [0.2, 0.25) is 5.91 Å². The van der Waals surface area contributed by atoms with E-state index < -0.39 is 0 Å². The number of fused-ring (bicyclic) bond motifs is 3. The molecule has 1 aromatic heterocycles.